The van der Waals surface area contributed by atoms with Crippen molar-refractivity contribution in [1.82, 2.24) is 5.32 Å². The summed E-state index contributed by atoms with van der Waals surface area (Å²) in [5, 5.41) is 22.5. The fourth-order valence-electron chi connectivity index (χ4n) is 1.89. The third-order valence-electron chi connectivity index (χ3n) is 3.20. The third-order valence-corrected chi connectivity index (χ3v) is 5.41. The lowest BCUT2D eigenvalue weighted by Crippen LogP contribution is -2.35. The van der Waals surface area contributed by atoms with Gasteiger partial charge in [-0.1, -0.05) is 30.3 Å². The van der Waals surface area contributed by atoms with Gasteiger partial charge in [-0.15, -0.1) is 11.3 Å². The Bertz CT molecular complexity index is 627. The van der Waals surface area contributed by atoms with Crippen LogP contribution in [0.2, 0.25) is 0 Å². The van der Waals surface area contributed by atoms with E-state index in [0.717, 1.165) is 14.9 Å². The van der Waals surface area contributed by atoms with Gasteiger partial charge in [-0.3, -0.25) is 0 Å². The molecule has 0 spiro atoms. The maximum atomic E-state index is 11.6. The summed E-state index contributed by atoms with van der Waals surface area (Å²) < 4.78 is 5.95. The second kappa shape index (κ2) is 8.44. The van der Waals surface area contributed by atoms with Crippen molar-refractivity contribution >= 4 is 33.4 Å². The molecule has 0 radical (unpaired) electrons. The maximum Gasteiger partial charge on any atom is 0.407 e. The largest absolute Gasteiger partial charge is 0.445 e. The number of amides is 1. The molecular formula is C16H18BrNO4S. The van der Waals surface area contributed by atoms with E-state index in [1.54, 1.807) is 6.07 Å². The molecule has 2 unspecified atom stereocenters. The van der Waals surface area contributed by atoms with Crippen molar-refractivity contribution in [3.63, 3.8) is 0 Å². The number of rotatable bonds is 6. The second-order valence-electron chi connectivity index (χ2n) is 5.06. The first-order valence-electron chi connectivity index (χ1n) is 7.04. The number of benzene rings is 1. The molecule has 0 aliphatic carbocycles. The van der Waals surface area contributed by atoms with Gasteiger partial charge in [0, 0.05) is 11.4 Å². The fourth-order valence-corrected chi connectivity index (χ4v) is 3.51. The highest BCUT2D eigenvalue weighted by Gasteiger charge is 2.21. The Kier molecular flexibility index (Phi) is 6.59. The van der Waals surface area contributed by atoms with Crippen LogP contribution in [0.5, 0.6) is 0 Å². The number of aliphatic hydroxyl groups excluding tert-OH is 2. The number of carbonyl (C=O) groups excluding carboxylic acids is 1. The lowest BCUT2D eigenvalue weighted by atomic mass is 10.1. The summed E-state index contributed by atoms with van der Waals surface area (Å²) in [7, 11) is 0. The van der Waals surface area contributed by atoms with Gasteiger partial charge in [0.25, 0.3) is 0 Å². The number of ether oxygens (including phenoxy) is 1. The van der Waals surface area contributed by atoms with Crippen molar-refractivity contribution in [2.75, 3.05) is 6.54 Å². The standard InChI is InChI=1S/C16H18BrNO4S/c1-10-7-13(23-15(10)17)14(20)12(19)8-18-16(21)22-9-11-5-3-2-4-6-11/h2-7,12,14,19-20H,8-9H2,1H3,(H,18,21). The van der Waals surface area contributed by atoms with E-state index >= 15 is 0 Å². The normalized spacial score (nSPS) is 13.4. The molecular weight excluding hydrogens is 382 g/mol. The van der Waals surface area contributed by atoms with Gasteiger partial charge in [0.05, 0.1) is 3.79 Å². The van der Waals surface area contributed by atoms with Crippen LogP contribution in [0.25, 0.3) is 0 Å². The first kappa shape index (κ1) is 17.9. The molecule has 0 aliphatic rings. The van der Waals surface area contributed by atoms with Gasteiger partial charge in [-0.25, -0.2) is 4.79 Å². The number of nitrogens with one attached hydrogen (secondary N) is 1. The minimum Gasteiger partial charge on any atom is -0.445 e. The SMILES string of the molecule is Cc1cc(C(O)C(O)CNC(=O)OCc2ccccc2)sc1Br. The Hall–Kier alpha value is -1.41. The average Bonchev–Trinajstić information content (AvgIpc) is 2.90. The van der Waals surface area contributed by atoms with Crippen LogP contribution < -0.4 is 5.32 Å². The minimum atomic E-state index is -1.11. The Morgan fingerprint density at radius 2 is 2.04 bits per heavy atom. The maximum absolute atomic E-state index is 11.6. The monoisotopic (exact) mass is 399 g/mol. The highest BCUT2D eigenvalue weighted by Crippen LogP contribution is 2.32. The predicted octanol–water partition coefficient (Wildman–Crippen LogP) is 3.14. The van der Waals surface area contributed by atoms with Gasteiger partial charge in [0.1, 0.15) is 18.8 Å². The van der Waals surface area contributed by atoms with Crippen molar-refractivity contribution in [2.24, 2.45) is 0 Å². The molecule has 2 rings (SSSR count). The van der Waals surface area contributed by atoms with E-state index in [1.165, 1.54) is 11.3 Å². The first-order valence-corrected chi connectivity index (χ1v) is 8.65. The Morgan fingerprint density at radius 1 is 1.35 bits per heavy atom. The zero-order chi connectivity index (χ0) is 16.8. The lowest BCUT2D eigenvalue weighted by Gasteiger charge is -2.17. The number of aliphatic hydroxyl groups is 2. The summed E-state index contributed by atoms with van der Waals surface area (Å²) in [5.41, 5.74) is 1.87. The van der Waals surface area contributed by atoms with E-state index < -0.39 is 18.3 Å². The molecule has 23 heavy (non-hydrogen) atoms. The van der Waals surface area contributed by atoms with Gasteiger partial charge < -0.3 is 20.3 Å². The van der Waals surface area contributed by atoms with Crippen LogP contribution >= 0.6 is 27.3 Å². The second-order valence-corrected chi connectivity index (χ2v) is 7.46. The Balaban J connectivity index is 1.77. The summed E-state index contributed by atoms with van der Waals surface area (Å²) in [4.78, 5) is 12.2. The van der Waals surface area contributed by atoms with E-state index in [-0.39, 0.29) is 13.2 Å². The number of thiophene rings is 1. The Morgan fingerprint density at radius 3 is 2.65 bits per heavy atom. The molecule has 0 fully saturated rings. The van der Waals surface area contributed by atoms with Crippen LogP contribution in [0.15, 0.2) is 40.2 Å². The fraction of sp³-hybridized carbons (Fsp3) is 0.312. The number of carbonyl (C=O) groups is 1. The zero-order valence-corrected chi connectivity index (χ0v) is 14.9. The summed E-state index contributed by atoms with van der Waals surface area (Å²) in [5.74, 6) is 0. The van der Waals surface area contributed by atoms with Crippen molar-refractivity contribution in [1.29, 1.82) is 0 Å². The van der Waals surface area contributed by atoms with E-state index in [0.29, 0.717) is 4.88 Å². The molecule has 1 amide bonds. The molecule has 0 saturated carbocycles. The van der Waals surface area contributed by atoms with Crippen molar-refractivity contribution < 1.29 is 19.7 Å². The summed E-state index contributed by atoms with van der Waals surface area (Å²) in [6.45, 7) is 1.97. The van der Waals surface area contributed by atoms with Gasteiger partial charge in [-0.2, -0.15) is 0 Å². The van der Waals surface area contributed by atoms with Gasteiger partial charge in [0.2, 0.25) is 0 Å². The average molecular weight is 400 g/mol. The third kappa shape index (κ3) is 5.31. The van der Waals surface area contributed by atoms with Crippen molar-refractivity contribution in [2.45, 2.75) is 25.7 Å². The molecule has 3 N–H and O–H groups in total. The van der Waals surface area contributed by atoms with Crippen LogP contribution in [0.3, 0.4) is 0 Å². The lowest BCUT2D eigenvalue weighted by molar-refractivity contribution is 0.0205. The molecule has 0 saturated heterocycles. The predicted molar refractivity (Wildman–Crippen MR) is 92.4 cm³/mol. The molecule has 0 aliphatic heterocycles. The molecule has 2 atom stereocenters. The van der Waals surface area contributed by atoms with E-state index in [2.05, 4.69) is 21.2 Å². The smallest absolute Gasteiger partial charge is 0.407 e. The van der Waals surface area contributed by atoms with Gasteiger partial charge in [0.15, 0.2) is 0 Å². The summed E-state index contributed by atoms with van der Waals surface area (Å²) >= 11 is 4.73. The summed E-state index contributed by atoms with van der Waals surface area (Å²) in [6.07, 6.45) is -2.80. The molecule has 0 bridgehead atoms. The molecule has 7 heteroatoms. The quantitative estimate of drug-likeness (QED) is 0.696. The molecule has 1 aromatic carbocycles. The van der Waals surface area contributed by atoms with Gasteiger partial charge in [-0.05, 0) is 40.0 Å². The number of hydrogen-bond donors (Lipinski definition) is 3. The first-order chi connectivity index (χ1) is 11.0. The number of halogens is 1. The van der Waals surface area contributed by atoms with Crippen molar-refractivity contribution in [3.05, 3.63) is 56.2 Å². The highest BCUT2D eigenvalue weighted by atomic mass is 79.9. The van der Waals surface area contributed by atoms with Crippen LogP contribution in [0.1, 0.15) is 22.1 Å². The molecule has 1 aromatic heterocycles. The van der Waals surface area contributed by atoms with Crippen LogP contribution in [-0.4, -0.2) is 29.0 Å². The van der Waals surface area contributed by atoms with E-state index in [4.69, 9.17) is 4.74 Å². The molecule has 5 nitrogen and oxygen atoms in total. The minimum absolute atomic E-state index is 0.0939. The highest BCUT2D eigenvalue weighted by molar-refractivity contribution is 9.11. The molecule has 124 valence electrons. The zero-order valence-electron chi connectivity index (χ0n) is 12.5. The number of aryl methyl sites for hydroxylation is 1. The topological polar surface area (TPSA) is 78.8 Å². The number of hydrogen-bond acceptors (Lipinski definition) is 5. The van der Waals surface area contributed by atoms with Gasteiger partial charge >= 0.3 is 6.09 Å². The summed E-state index contributed by atoms with van der Waals surface area (Å²) in [6, 6.07) is 11.1. The van der Waals surface area contributed by atoms with E-state index in [1.807, 2.05) is 37.3 Å². The Labute approximate surface area is 147 Å². The van der Waals surface area contributed by atoms with Crippen LogP contribution in [0, 0.1) is 6.92 Å². The van der Waals surface area contributed by atoms with E-state index in [9.17, 15) is 15.0 Å². The molecule has 2 aromatic rings. The van der Waals surface area contributed by atoms with Crippen molar-refractivity contribution in [3.8, 4) is 0 Å². The number of alkyl carbamates (subject to hydrolysis) is 1. The molecule has 1 heterocycles. The van der Waals surface area contributed by atoms with Crippen LogP contribution in [0.4, 0.5) is 4.79 Å². The van der Waals surface area contributed by atoms with Crippen LogP contribution in [-0.2, 0) is 11.3 Å².